The summed E-state index contributed by atoms with van der Waals surface area (Å²) in [5.74, 6) is 0.259. The topological polar surface area (TPSA) is 75.5 Å². The molecule has 2 aliphatic heterocycles. The van der Waals surface area contributed by atoms with E-state index >= 15 is 0 Å². The number of nitrogens with zero attached hydrogens (tertiary/aromatic N) is 4. The van der Waals surface area contributed by atoms with Crippen molar-refractivity contribution in [3.8, 4) is 0 Å². The van der Waals surface area contributed by atoms with Gasteiger partial charge in [-0.25, -0.2) is 4.98 Å². The number of hydrogen-bond donors (Lipinski definition) is 0. The Balaban J connectivity index is 1.41. The minimum atomic E-state index is -0.256. The number of rotatable bonds is 6. The lowest BCUT2D eigenvalue weighted by atomic mass is 10.1. The van der Waals surface area contributed by atoms with Gasteiger partial charge in [0.25, 0.3) is 17.4 Å². The van der Waals surface area contributed by atoms with E-state index in [4.69, 9.17) is 4.98 Å². The Hall–Kier alpha value is -2.84. The van der Waals surface area contributed by atoms with E-state index < -0.39 is 0 Å². The van der Waals surface area contributed by atoms with Crippen LogP contribution < -0.4 is 5.56 Å². The van der Waals surface area contributed by atoms with E-state index in [0.29, 0.717) is 36.0 Å². The first-order valence-electron chi connectivity index (χ1n) is 11.1. The molecular formula is C24H26N4O3S. The Morgan fingerprint density at radius 1 is 0.969 bits per heavy atom. The lowest BCUT2D eigenvalue weighted by Crippen LogP contribution is -2.34. The average Bonchev–Trinajstić information content (AvgIpc) is 3.45. The van der Waals surface area contributed by atoms with E-state index in [0.717, 1.165) is 34.2 Å². The SMILES string of the molecule is Cc1sc2nc(CN3CCCC3)n(CCCN3C(=O)c4ccccc4C3=O)c(=O)c2c1C. The molecule has 0 bridgehead atoms. The summed E-state index contributed by atoms with van der Waals surface area (Å²) in [5, 5.41) is 0.693. The molecule has 2 aromatic heterocycles. The fraction of sp³-hybridized carbons (Fsp3) is 0.417. The summed E-state index contributed by atoms with van der Waals surface area (Å²) in [6.45, 7) is 7.38. The Kier molecular flexibility index (Phi) is 5.43. The molecule has 166 valence electrons. The smallest absolute Gasteiger partial charge is 0.262 e. The van der Waals surface area contributed by atoms with Gasteiger partial charge in [0.2, 0.25) is 0 Å². The second-order valence-corrected chi connectivity index (χ2v) is 9.80. The van der Waals surface area contributed by atoms with E-state index in [1.807, 2.05) is 13.8 Å². The molecule has 0 radical (unpaired) electrons. The number of aryl methyl sites for hydroxylation is 2. The second kappa shape index (κ2) is 8.26. The van der Waals surface area contributed by atoms with Gasteiger partial charge in [0, 0.05) is 18.0 Å². The maximum absolute atomic E-state index is 13.5. The molecule has 0 N–H and O–H groups in total. The molecule has 32 heavy (non-hydrogen) atoms. The van der Waals surface area contributed by atoms with Crippen LogP contribution in [0, 0.1) is 13.8 Å². The number of benzene rings is 1. The third-order valence-electron chi connectivity index (χ3n) is 6.57. The van der Waals surface area contributed by atoms with Gasteiger partial charge >= 0.3 is 0 Å². The van der Waals surface area contributed by atoms with Gasteiger partial charge in [-0.3, -0.25) is 28.8 Å². The summed E-state index contributed by atoms with van der Waals surface area (Å²) in [6, 6.07) is 6.91. The van der Waals surface area contributed by atoms with Gasteiger partial charge in [-0.1, -0.05) is 12.1 Å². The number of hydrogen-bond acceptors (Lipinski definition) is 6. The summed E-state index contributed by atoms with van der Waals surface area (Å²) in [4.78, 5) is 49.2. The third-order valence-corrected chi connectivity index (χ3v) is 7.67. The fourth-order valence-electron chi connectivity index (χ4n) is 4.69. The Bertz CT molecular complexity index is 1250. The summed E-state index contributed by atoms with van der Waals surface area (Å²) in [5.41, 5.74) is 1.88. The Labute approximate surface area is 190 Å². The minimum absolute atomic E-state index is 0.0200. The zero-order chi connectivity index (χ0) is 22.4. The number of aromatic nitrogens is 2. The third kappa shape index (κ3) is 3.47. The number of imide groups is 1. The molecule has 1 saturated heterocycles. The molecule has 8 heteroatoms. The molecule has 5 rings (SSSR count). The van der Waals surface area contributed by atoms with Gasteiger partial charge in [0.1, 0.15) is 10.7 Å². The predicted octanol–water partition coefficient (Wildman–Crippen LogP) is 3.36. The number of amides is 2. The van der Waals surface area contributed by atoms with Gasteiger partial charge in [0.15, 0.2) is 0 Å². The van der Waals surface area contributed by atoms with Crippen molar-refractivity contribution in [1.29, 1.82) is 0 Å². The van der Waals surface area contributed by atoms with Crippen molar-refractivity contribution in [2.24, 2.45) is 0 Å². The van der Waals surface area contributed by atoms with Crippen LogP contribution in [0.5, 0.6) is 0 Å². The quantitative estimate of drug-likeness (QED) is 0.539. The van der Waals surface area contributed by atoms with Gasteiger partial charge in [-0.05, 0) is 63.9 Å². The number of likely N-dealkylation sites (tertiary alicyclic amines) is 1. The van der Waals surface area contributed by atoms with Crippen molar-refractivity contribution in [2.45, 2.75) is 46.2 Å². The molecule has 4 heterocycles. The summed E-state index contributed by atoms with van der Waals surface area (Å²) >= 11 is 1.57. The molecule has 0 aliphatic carbocycles. The highest BCUT2D eigenvalue weighted by Crippen LogP contribution is 2.27. The van der Waals surface area contributed by atoms with E-state index in [9.17, 15) is 14.4 Å². The van der Waals surface area contributed by atoms with Crippen molar-refractivity contribution >= 4 is 33.4 Å². The summed E-state index contributed by atoms with van der Waals surface area (Å²) in [7, 11) is 0. The molecule has 1 aromatic carbocycles. The number of fused-ring (bicyclic) bond motifs is 2. The number of carbonyl (C=O) groups is 2. The Morgan fingerprint density at radius 2 is 1.62 bits per heavy atom. The maximum atomic E-state index is 13.5. The second-order valence-electron chi connectivity index (χ2n) is 8.59. The van der Waals surface area contributed by atoms with Crippen LogP contribution in [0.25, 0.3) is 10.2 Å². The highest BCUT2D eigenvalue weighted by molar-refractivity contribution is 7.18. The molecule has 0 atom stereocenters. The van der Waals surface area contributed by atoms with Gasteiger partial charge in [-0.2, -0.15) is 0 Å². The monoisotopic (exact) mass is 450 g/mol. The van der Waals surface area contributed by atoms with Crippen LogP contribution in [0.15, 0.2) is 29.1 Å². The van der Waals surface area contributed by atoms with E-state index in [-0.39, 0.29) is 23.9 Å². The number of carbonyl (C=O) groups excluding carboxylic acids is 2. The zero-order valence-electron chi connectivity index (χ0n) is 18.4. The maximum Gasteiger partial charge on any atom is 0.262 e. The molecule has 0 unspecified atom stereocenters. The molecule has 1 fully saturated rings. The average molecular weight is 451 g/mol. The first kappa shape index (κ1) is 21.0. The molecule has 7 nitrogen and oxygen atoms in total. The Morgan fingerprint density at radius 3 is 2.28 bits per heavy atom. The van der Waals surface area contributed by atoms with Crippen LogP contribution in [0.4, 0.5) is 0 Å². The standard InChI is InChI=1S/C24H26N4O3S/c1-15-16(2)32-21-20(15)24(31)27(19(25-21)14-26-10-5-6-11-26)12-7-13-28-22(29)17-8-3-4-9-18(17)23(28)30/h3-4,8-9H,5-7,10-14H2,1-2H3. The van der Waals surface area contributed by atoms with Crippen molar-refractivity contribution in [1.82, 2.24) is 19.4 Å². The summed E-state index contributed by atoms with van der Waals surface area (Å²) < 4.78 is 1.76. The lowest BCUT2D eigenvalue weighted by molar-refractivity contribution is 0.0650. The van der Waals surface area contributed by atoms with E-state index in [2.05, 4.69) is 4.90 Å². The van der Waals surface area contributed by atoms with Crippen LogP contribution in [0.3, 0.4) is 0 Å². The fourth-order valence-corrected chi connectivity index (χ4v) is 5.73. The first-order valence-corrected chi connectivity index (χ1v) is 11.9. The number of thiophene rings is 1. The molecular weight excluding hydrogens is 424 g/mol. The highest BCUT2D eigenvalue weighted by atomic mass is 32.1. The molecule has 0 spiro atoms. The lowest BCUT2D eigenvalue weighted by Gasteiger charge is -2.19. The molecule has 3 aromatic rings. The largest absolute Gasteiger partial charge is 0.296 e. The van der Waals surface area contributed by atoms with Crippen molar-refractivity contribution in [3.05, 3.63) is 62.0 Å². The van der Waals surface area contributed by atoms with Crippen molar-refractivity contribution < 1.29 is 9.59 Å². The highest BCUT2D eigenvalue weighted by Gasteiger charge is 2.34. The predicted molar refractivity (Wildman–Crippen MR) is 124 cm³/mol. The van der Waals surface area contributed by atoms with E-state index in [1.54, 1.807) is 40.2 Å². The van der Waals surface area contributed by atoms with Crippen LogP contribution >= 0.6 is 11.3 Å². The van der Waals surface area contributed by atoms with Crippen molar-refractivity contribution in [2.75, 3.05) is 19.6 Å². The zero-order valence-corrected chi connectivity index (χ0v) is 19.2. The van der Waals surface area contributed by atoms with Crippen molar-refractivity contribution in [3.63, 3.8) is 0 Å². The summed E-state index contributed by atoms with van der Waals surface area (Å²) in [6.07, 6.45) is 2.85. The minimum Gasteiger partial charge on any atom is -0.296 e. The van der Waals surface area contributed by atoms with Crippen LogP contribution in [-0.2, 0) is 13.1 Å². The van der Waals surface area contributed by atoms with Crippen LogP contribution in [0.2, 0.25) is 0 Å². The normalized spacial score (nSPS) is 16.5. The first-order chi connectivity index (χ1) is 15.5. The molecule has 2 amide bonds. The molecule has 0 saturated carbocycles. The molecule has 2 aliphatic rings. The van der Waals surface area contributed by atoms with Crippen LogP contribution in [-0.4, -0.2) is 50.8 Å². The van der Waals surface area contributed by atoms with Crippen LogP contribution in [0.1, 0.15) is 56.2 Å². The van der Waals surface area contributed by atoms with E-state index in [1.165, 1.54) is 17.7 Å². The van der Waals surface area contributed by atoms with Gasteiger partial charge in [0.05, 0.1) is 23.1 Å². The van der Waals surface area contributed by atoms with Gasteiger partial charge < -0.3 is 0 Å². The van der Waals surface area contributed by atoms with Gasteiger partial charge in [-0.15, -0.1) is 11.3 Å².